The van der Waals surface area contributed by atoms with Gasteiger partial charge in [-0.3, -0.25) is 9.59 Å². The van der Waals surface area contributed by atoms with Crippen LogP contribution in [0.3, 0.4) is 0 Å². The number of phenolic OH excluding ortho intramolecular Hbond substituents is 1. The van der Waals surface area contributed by atoms with Gasteiger partial charge in [0.2, 0.25) is 11.8 Å². The number of piperazine rings is 1. The van der Waals surface area contributed by atoms with Gasteiger partial charge in [0, 0.05) is 25.4 Å². The second-order valence-electron chi connectivity index (χ2n) is 7.77. The van der Waals surface area contributed by atoms with E-state index in [1.807, 2.05) is 0 Å². The summed E-state index contributed by atoms with van der Waals surface area (Å²) in [7, 11) is -3.25. The number of aromatic hydroxyl groups is 1. The van der Waals surface area contributed by atoms with Crippen LogP contribution in [0.15, 0.2) is 24.3 Å². The number of amides is 2. The van der Waals surface area contributed by atoms with Gasteiger partial charge >= 0.3 is 0 Å². The highest BCUT2D eigenvalue weighted by Crippen LogP contribution is 2.35. The minimum atomic E-state index is -3.25. The van der Waals surface area contributed by atoms with Crippen molar-refractivity contribution in [2.75, 3.05) is 24.6 Å². The molecule has 2 amide bonds. The smallest absolute Gasteiger partial charge is 0.226 e. The van der Waals surface area contributed by atoms with Crippen molar-refractivity contribution >= 4 is 21.7 Å². The summed E-state index contributed by atoms with van der Waals surface area (Å²) in [5.74, 6) is 0.104. The molecule has 0 spiro atoms. The second kappa shape index (κ2) is 6.82. The largest absolute Gasteiger partial charge is 0.508 e. The molecule has 146 valence electrons. The molecule has 2 aliphatic heterocycles. The van der Waals surface area contributed by atoms with Gasteiger partial charge in [-0.15, -0.1) is 0 Å². The van der Waals surface area contributed by atoms with Gasteiger partial charge in [-0.2, -0.15) is 0 Å². The van der Waals surface area contributed by atoms with Crippen molar-refractivity contribution < 1.29 is 23.1 Å². The van der Waals surface area contributed by atoms with E-state index in [2.05, 4.69) is 0 Å². The second-order valence-corrected chi connectivity index (χ2v) is 9.92. The molecule has 0 unspecified atom stereocenters. The molecular formula is C19H24N2O5S. The van der Waals surface area contributed by atoms with Crippen LogP contribution in [0.1, 0.15) is 24.8 Å². The third-order valence-electron chi connectivity index (χ3n) is 5.77. The Morgan fingerprint density at radius 1 is 1.00 bits per heavy atom. The van der Waals surface area contributed by atoms with Crippen molar-refractivity contribution in [3.05, 3.63) is 29.8 Å². The number of nitrogens with zero attached hydrogens (tertiary/aromatic N) is 2. The highest BCUT2D eigenvalue weighted by Gasteiger charge is 2.50. The zero-order chi connectivity index (χ0) is 19.2. The topological polar surface area (TPSA) is 95.0 Å². The lowest BCUT2D eigenvalue weighted by molar-refractivity contribution is -0.146. The lowest BCUT2D eigenvalue weighted by Gasteiger charge is -2.44. The van der Waals surface area contributed by atoms with Gasteiger partial charge in [0.15, 0.2) is 9.84 Å². The molecule has 27 heavy (non-hydrogen) atoms. The van der Waals surface area contributed by atoms with Crippen LogP contribution >= 0.6 is 0 Å². The average Bonchev–Trinajstić information content (AvgIpc) is 3.41. The van der Waals surface area contributed by atoms with Gasteiger partial charge in [-0.25, -0.2) is 8.42 Å². The maximum absolute atomic E-state index is 12.8. The van der Waals surface area contributed by atoms with Crippen LogP contribution in [-0.2, 0) is 25.8 Å². The Kier molecular flexibility index (Phi) is 4.61. The van der Waals surface area contributed by atoms with Crippen LogP contribution in [0.2, 0.25) is 0 Å². The molecule has 1 aliphatic carbocycles. The van der Waals surface area contributed by atoms with E-state index in [-0.39, 0.29) is 41.4 Å². The number of rotatable bonds is 4. The molecule has 0 bridgehead atoms. The van der Waals surface area contributed by atoms with Crippen LogP contribution in [0.25, 0.3) is 0 Å². The average molecular weight is 392 g/mol. The van der Waals surface area contributed by atoms with Crippen LogP contribution in [0.4, 0.5) is 0 Å². The lowest BCUT2D eigenvalue weighted by Crippen LogP contribution is -2.62. The quantitative estimate of drug-likeness (QED) is 0.808. The fourth-order valence-electron chi connectivity index (χ4n) is 4.16. The van der Waals surface area contributed by atoms with E-state index >= 15 is 0 Å². The number of hydrogen-bond donors (Lipinski definition) is 1. The Morgan fingerprint density at radius 2 is 1.59 bits per heavy atom. The summed E-state index contributed by atoms with van der Waals surface area (Å²) >= 11 is 0. The summed E-state index contributed by atoms with van der Waals surface area (Å²) in [6.07, 6.45) is 2.58. The monoisotopic (exact) mass is 392 g/mol. The van der Waals surface area contributed by atoms with E-state index in [1.165, 1.54) is 0 Å². The number of aryl methyl sites for hydroxylation is 1. The van der Waals surface area contributed by atoms with E-state index < -0.39 is 21.9 Å². The molecule has 0 radical (unpaired) electrons. The van der Waals surface area contributed by atoms with Crippen molar-refractivity contribution in [3.8, 4) is 5.75 Å². The van der Waals surface area contributed by atoms with Crippen molar-refractivity contribution in [1.29, 1.82) is 0 Å². The summed E-state index contributed by atoms with van der Waals surface area (Å²) in [5, 5.41) is 9.34. The summed E-state index contributed by atoms with van der Waals surface area (Å²) in [6, 6.07) is 5.88. The standard InChI is InChI=1S/C19H24N2O5S/c22-15-6-1-13(2-7-15)3-8-18(23)20-9-10-21(19(24)14-4-5-14)17-12-27(25,26)11-16(17)20/h1-2,6-7,14,16-17,22H,3-5,8-12H2/t16-,17+/m0/s1. The minimum absolute atomic E-state index is 0.0438. The van der Waals surface area contributed by atoms with E-state index in [0.717, 1.165) is 18.4 Å². The fraction of sp³-hybridized carbons (Fsp3) is 0.579. The molecule has 2 heterocycles. The fourth-order valence-corrected chi connectivity index (χ4v) is 6.14. The number of benzene rings is 1. The minimum Gasteiger partial charge on any atom is -0.508 e. The van der Waals surface area contributed by atoms with Crippen molar-refractivity contribution in [3.63, 3.8) is 0 Å². The van der Waals surface area contributed by atoms with Gasteiger partial charge in [-0.05, 0) is 37.0 Å². The molecule has 7 nitrogen and oxygen atoms in total. The number of phenols is 1. The molecule has 0 aromatic heterocycles. The van der Waals surface area contributed by atoms with Crippen LogP contribution in [-0.4, -0.2) is 71.8 Å². The first-order valence-corrected chi connectivity index (χ1v) is 11.2. The Balaban J connectivity index is 1.45. The Bertz CT molecular complexity index is 847. The maximum atomic E-state index is 12.8. The molecule has 3 fully saturated rings. The van der Waals surface area contributed by atoms with E-state index in [4.69, 9.17) is 0 Å². The van der Waals surface area contributed by atoms with Gasteiger partial charge in [-0.1, -0.05) is 12.1 Å². The summed E-state index contributed by atoms with van der Waals surface area (Å²) in [4.78, 5) is 28.7. The van der Waals surface area contributed by atoms with Gasteiger partial charge < -0.3 is 14.9 Å². The van der Waals surface area contributed by atoms with Crippen LogP contribution in [0.5, 0.6) is 5.75 Å². The molecular weight excluding hydrogens is 368 g/mol. The van der Waals surface area contributed by atoms with Gasteiger partial charge in [0.05, 0.1) is 23.6 Å². The number of carbonyl (C=O) groups is 2. The zero-order valence-corrected chi connectivity index (χ0v) is 15.9. The number of carbonyl (C=O) groups excluding carboxylic acids is 2. The third-order valence-corrected chi connectivity index (χ3v) is 7.47. The Morgan fingerprint density at radius 3 is 2.22 bits per heavy atom. The lowest BCUT2D eigenvalue weighted by atomic mass is 10.0. The first-order valence-electron chi connectivity index (χ1n) is 9.42. The number of fused-ring (bicyclic) bond motifs is 1. The highest BCUT2D eigenvalue weighted by molar-refractivity contribution is 7.91. The maximum Gasteiger partial charge on any atom is 0.226 e. The van der Waals surface area contributed by atoms with E-state index in [9.17, 15) is 23.1 Å². The molecule has 2 saturated heterocycles. The van der Waals surface area contributed by atoms with Crippen LogP contribution in [0, 0.1) is 5.92 Å². The molecule has 4 rings (SSSR count). The molecule has 1 N–H and O–H groups in total. The molecule has 1 saturated carbocycles. The van der Waals surface area contributed by atoms with Crippen LogP contribution < -0.4 is 0 Å². The summed E-state index contributed by atoms with van der Waals surface area (Å²) < 4.78 is 24.5. The Labute approximate surface area is 158 Å². The molecule has 8 heteroatoms. The van der Waals surface area contributed by atoms with Crippen molar-refractivity contribution in [1.82, 2.24) is 9.80 Å². The third kappa shape index (κ3) is 3.81. The number of hydrogen-bond acceptors (Lipinski definition) is 5. The highest BCUT2D eigenvalue weighted by atomic mass is 32.2. The molecule has 1 aromatic carbocycles. The van der Waals surface area contributed by atoms with E-state index in [1.54, 1.807) is 34.1 Å². The van der Waals surface area contributed by atoms with Crippen molar-refractivity contribution in [2.45, 2.75) is 37.8 Å². The Hall–Kier alpha value is -2.09. The molecule has 3 aliphatic rings. The number of sulfone groups is 1. The zero-order valence-electron chi connectivity index (χ0n) is 15.1. The predicted molar refractivity (Wildman–Crippen MR) is 98.8 cm³/mol. The van der Waals surface area contributed by atoms with E-state index in [0.29, 0.717) is 19.5 Å². The van der Waals surface area contributed by atoms with Gasteiger partial charge in [0.1, 0.15) is 5.75 Å². The first-order chi connectivity index (χ1) is 12.8. The summed E-state index contributed by atoms with van der Waals surface area (Å²) in [6.45, 7) is 0.806. The van der Waals surface area contributed by atoms with Crippen molar-refractivity contribution in [2.24, 2.45) is 5.92 Å². The van der Waals surface area contributed by atoms with Gasteiger partial charge in [0.25, 0.3) is 0 Å². The molecule has 2 atom stereocenters. The summed E-state index contributed by atoms with van der Waals surface area (Å²) in [5.41, 5.74) is 0.944. The predicted octanol–water partition coefficient (Wildman–Crippen LogP) is 0.571. The SMILES string of the molecule is O=C(C1CC1)N1CCN(C(=O)CCc2ccc(O)cc2)[C@H]2CS(=O)(=O)C[C@H]21. The normalized spacial score (nSPS) is 26.7. The first kappa shape index (κ1) is 18.3. The molecule has 1 aromatic rings.